The van der Waals surface area contributed by atoms with E-state index >= 15 is 0 Å². The number of morpholine rings is 1. The smallest absolute Gasteiger partial charge is 0.231 e. The van der Waals surface area contributed by atoms with Crippen LogP contribution in [0.2, 0.25) is 0 Å². The SMILES string of the molecule is O=C(Nc1ccc(N2CCOCC2)cc1)[C@@H]1CCCc2ccccc21. The van der Waals surface area contributed by atoms with Crippen LogP contribution in [0.25, 0.3) is 0 Å². The fraction of sp³-hybridized carbons (Fsp3) is 0.381. The van der Waals surface area contributed by atoms with Gasteiger partial charge in [-0.3, -0.25) is 4.79 Å². The van der Waals surface area contributed by atoms with Crippen LogP contribution in [0.5, 0.6) is 0 Å². The normalized spacial score (nSPS) is 20.0. The Morgan fingerprint density at radius 1 is 1.04 bits per heavy atom. The van der Waals surface area contributed by atoms with Crippen molar-refractivity contribution in [3.8, 4) is 0 Å². The van der Waals surface area contributed by atoms with Crippen molar-refractivity contribution in [1.82, 2.24) is 0 Å². The molecule has 0 unspecified atom stereocenters. The van der Waals surface area contributed by atoms with Gasteiger partial charge in [0.15, 0.2) is 0 Å². The molecule has 1 aliphatic carbocycles. The van der Waals surface area contributed by atoms with Crippen LogP contribution in [0.3, 0.4) is 0 Å². The lowest BCUT2D eigenvalue weighted by atomic mass is 9.82. The summed E-state index contributed by atoms with van der Waals surface area (Å²) < 4.78 is 5.39. The Morgan fingerprint density at radius 3 is 2.60 bits per heavy atom. The summed E-state index contributed by atoms with van der Waals surface area (Å²) >= 11 is 0. The summed E-state index contributed by atoms with van der Waals surface area (Å²) in [5, 5.41) is 3.10. The minimum atomic E-state index is -0.0381. The predicted octanol–water partition coefficient (Wildman–Crippen LogP) is 3.58. The van der Waals surface area contributed by atoms with Crippen molar-refractivity contribution in [1.29, 1.82) is 0 Å². The molecule has 1 atom stereocenters. The minimum Gasteiger partial charge on any atom is -0.378 e. The monoisotopic (exact) mass is 336 g/mol. The summed E-state index contributed by atoms with van der Waals surface area (Å²) in [6.45, 7) is 3.40. The molecule has 0 bridgehead atoms. The second-order valence-electron chi connectivity index (χ2n) is 6.78. The van der Waals surface area contributed by atoms with Gasteiger partial charge in [0.1, 0.15) is 0 Å². The van der Waals surface area contributed by atoms with Crippen LogP contribution in [-0.2, 0) is 16.0 Å². The number of aryl methyl sites for hydroxylation is 1. The number of carbonyl (C=O) groups excluding carboxylic acids is 1. The summed E-state index contributed by atoms with van der Waals surface area (Å²) in [5.41, 5.74) is 4.56. The molecule has 2 aromatic rings. The first kappa shape index (κ1) is 16.2. The Labute approximate surface area is 148 Å². The zero-order valence-electron chi connectivity index (χ0n) is 14.4. The standard InChI is InChI=1S/C21H24N2O2/c24-21(20-7-3-5-16-4-1-2-6-19(16)20)22-17-8-10-18(11-9-17)23-12-14-25-15-13-23/h1-2,4,6,8-11,20H,3,5,7,12-15H2,(H,22,24)/t20-/m1/s1. The van der Waals surface area contributed by atoms with E-state index in [0.717, 1.165) is 51.3 Å². The fourth-order valence-electron chi connectivity index (χ4n) is 3.83. The number of carbonyl (C=O) groups is 1. The van der Waals surface area contributed by atoms with Gasteiger partial charge in [-0.05, 0) is 54.7 Å². The summed E-state index contributed by atoms with van der Waals surface area (Å²) in [7, 11) is 0. The van der Waals surface area contributed by atoms with Gasteiger partial charge in [-0.25, -0.2) is 0 Å². The first-order chi connectivity index (χ1) is 12.3. The highest BCUT2D eigenvalue weighted by Crippen LogP contribution is 2.32. The second-order valence-corrected chi connectivity index (χ2v) is 6.78. The van der Waals surface area contributed by atoms with E-state index in [-0.39, 0.29) is 11.8 Å². The molecule has 25 heavy (non-hydrogen) atoms. The molecular formula is C21H24N2O2. The van der Waals surface area contributed by atoms with Crippen LogP contribution >= 0.6 is 0 Å². The van der Waals surface area contributed by atoms with E-state index < -0.39 is 0 Å². The number of fused-ring (bicyclic) bond motifs is 1. The number of anilines is 2. The van der Waals surface area contributed by atoms with Crippen molar-refractivity contribution >= 4 is 17.3 Å². The molecule has 1 aliphatic heterocycles. The van der Waals surface area contributed by atoms with E-state index in [0.29, 0.717) is 0 Å². The van der Waals surface area contributed by atoms with Crippen LogP contribution in [-0.4, -0.2) is 32.2 Å². The molecule has 4 nitrogen and oxygen atoms in total. The highest BCUT2D eigenvalue weighted by atomic mass is 16.5. The van der Waals surface area contributed by atoms with Gasteiger partial charge in [0.2, 0.25) is 5.91 Å². The zero-order valence-corrected chi connectivity index (χ0v) is 14.4. The van der Waals surface area contributed by atoms with Gasteiger partial charge >= 0.3 is 0 Å². The van der Waals surface area contributed by atoms with Crippen molar-refractivity contribution in [3.63, 3.8) is 0 Å². The number of amides is 1. The van der Waals surface area contributed by atoms with Gasteiger partial charge in [0, 0.05) is 24.5 Å². The van der Waals surface area contributed by atoms with Gasteiger partial charge in [0.05, 0.1) is 19.1 Å². The third-order valence-electron chi connectivity index (χ3n) is 5.20. The van der Waals surface area contributed by atoms with E-state index in [2.05, 4.69) is 40.5 Å². The molecule has 1 N–H and O–H groups in total. The molecule has 4 rings (SSSR count). The second kappa shape index (κ2) is 7.28. The Balaban J connectivity index is 1.44. The maximum atomic E-state index is 12.8. The molecule has 1 fully saturated rings. The molecule has 0 aromatic heterocycles. The summed E-state index contributed by atoms with van der Waals surface area (Å²) in [4.78, 5) is 15.1. The van der Waals surface area contributed by atoms with E-state index in [9.17, 15) is 4.79 Å². The fourth-order valence-corrected chi connectivity index (χ4v) is 3.83. The van der Waals surface area contributed by atoms with Gasteiger partial charge in [-0.1, -0.05) is 24.3 Å². The van der Waals surface area contributed by atoms with Crippen LogP contribution in [0.15, 0.2) is 48.5 Å². The van der Waals surface area contributed by atoms with Crippen molar-refractivity contribution in [2.24, 2.45) is 0 Å². The van der Waals surface area contributed by atoms with E-state index in [1.165, 1.54) is 16.8 Å². The van der Waals surface area contributed by atoms with Crippen LogP contribution < -0.4 is 10.2 Å². The van der Waals surface area contributed by atoms with E-state index in [1.807, 2.05) is 18.2 Å². The lowest BCUT2D eigenvalue weighted by Gasteiger charge is -2.29. The van der Waals surface area contributed by atoms with Crippen molar-refractivity contribution < 1.29 is 9.53 Å². The average molecular weight is 336 g/mol. The van der Waals surface area contributed by atoms with E-state index in [4.69, 9.17) is 4.74 Å². The molecule has 1 heterocycles. The van der Waals surface area contributed by atoms with Crippen LogP contribution in [0.4, 0.5) is 11.4 Å². The van der Waals surface area contributed by atoms with Crippen molar-refractivity contribution in [2.75, 3.05) is 36.5 Å². The van der Waals surface area contributed by atoms with Gasteiger partial charge < -0.3 is 15.0 Å². The van der Waals surface area contributed by atoms with Gasteiger partial charge in [-0.2, -0.15) is 0 Å². The Hall–Kier alpha value is -2.33. The Morgan fingerprint density at radius 2 is 1.80 bits per heavy atom. The zero-order chi connectivity index (χ0) is 17.1. The lowest BCUT2D eigenvalue weighted by Crippen LogP contribution is -2.36. The van der Waals surface area contributed by atoms with Crippen LogP contribution in [0.1, 0.15) is 29.9 Å². The first-order valence-electron chi connectivity index (χ1n) is 9.13. The third kappa shape index (κ3) is 3.54. The highest BCUT2D eigenvalue weighted by Gasteiger charge is 2.26. The largest absolute Gasteiger partial charge is 0.378 e. The molecule has 0 radical (unpaired) electrons. The minimum absolute atomic E-state index is 0.0381. The number of nitrogens with one attached hydrogen (secondary N) is 1. The Kier molecular flexibility index (Phi) is 4.70. The molecule has 130 valence electrons. The van der Waals surface area contributed by atoms with Crippen LogP contribution in [0, 0.1) is 0 Å². The molecule has 1 saturated heterocycles. The summed E-state index contributed by atoms with van der Waals surface area (Å²) in [5.74, 6) is 0.0649. The maximum Gasteiger partial charge on any atom is 0.231 e. The van der Waals surface area contributed by atoms with Crippen molar-refractivity contribution in [3.05, 3.63) is 59.7 Å². The number of benzene rings is 2. The quantitative estimate of drug-likeness (QED) is 0.931. The first-order valence-corrected chi connectivity index (χ1v) is 9.13. The number of hydrogen-bond donors (Lipinski definition) is 1. The molecule has 2 aromatic carbocycles. The third-order valence-corrected chi connectivity index (χ3v) is 5.20. The van der Waals surface area contributed by atoms with E-state index in [1.54, 1.807) is 0 Å². The van der Waals surface area contributed by atoms with Crippen molar-refractivity contribution in [2.45, 2.75) is 25.2 Å². The molecule has 4 heteroatoms. The Bertz CT molecular complexity index is 736. The number of hydrogen-bond acceptors (Lipinski definition) is 3. The predicted molar refractivity (Wildman–Crippen MR) is 100 cm³/mol. The molecule has 1 amide bonds. The maximum absolute atomic E-state index is 12.8. The molecule has 2 aliphatic rings. The lowest BCUT2D eigenvalue weighted by molar-refractivity contribution is -0.117. The number of rotatable bonds is 3. The average Bonchev–Trinajstić information content (AvgIpc) is 2.69. The highest BCUT2D eigenvalue weighted by molar-refractivity contribution is 5.96. The molecular weight excluding hydrogens is 312 g/mol. The van der Waals surface area contributed by atoms with Gasteiger partial charge in [-0.15, -0.1) is 0 Å². The van der Waals surface area contributed by atoms with Gasteiger partial charge in [0.25, 0.3) is 0 Å². The number of ether oxygens (including phenoxy) is 1. The summed E-state index contributed by atoms with van der Waals surface area (Å²) in [6, 6.07) is 16.5. The number of nitrogens with zero attached hydrogens (tertiary/aromatic N) is 1. The topological polar surface area (TPSA) is 41.6 Å². The molecule has 0 spiro atoms. The summed E-state index contributed by atoms with van der Waals surface area (Å²) in [6.07, 6.45) is 3.08. The molecule has 0 saturated carbocycles.